The van der Waals surface area contributed by atoms with Gasteiger partial charge in [0.05, 0.1) is 0 Å². The topological polar surface area (TPSA) is 29.1 Å². The van der Waals surface area contributed by atoms with Crippen LogP contribution in [0.4, 0.5) is 0 Å². The Bertz CT molecular complexity index is 169. The van der Waals surface area contributed by atoms with Crippen LogP contribution in [0, 0.1) is 18.3 Å². The van der Waals surface area contributed by atoms with Crippen molar-refractivity contribution in [3.63, 3.8) is 0 Å². The molecule has 0 heterocycles. The number of hydrogen-bond donors (Lipinski definition) is 1. The van der Waals surface area contributed by atoms with Crippen LogP contribution in [0.3, 0.4) is 0 Å². The summed E-state index contributed by atoms with van der Waals surface area (Å²) in [6.45, 7) is 2.12. The second-order valence-electron chi connectivity index (χ2n) is 2.88. The number of rotatable bonds is 5. The van der Waals surface area contributed by atoms with Crippen molar-refractivity contribution in [2.45, 2.75) is 32.6 Å². The molecule has 0 rings (SSSR count). The Morgan fingerprint density at radius 1 is 1.67 bits per heavy atom. The van der Waals surface area contributed by atoms with Gasteiger partial charge in [-0.25, -0.2) is 0 Å². The summed E-state index contributed by atoms with van der Waals surface area (Å²) in [6, 6.07) is 0. The highest BCUT2D eigenvalue weighted by molar-refractivity contribution is 5.76. The maximum atomic E-state index is 10.9. The summed E-state index contributed by atoms with van der Waals surface area (Å²) in [5.74, 6) is 2.79. The summed E-state index contributed by atoms with van der Waals surface area (Å²) in [6.07, 6.45) is 8.94. The van der Waals surface area contributed by atoms with E-state index < -0.39 is 0 Å². The van der Waals surface area contributed by atoms with Gasteiger partial charge in [-0.2, -0.15) is 0 Å². The second kappa shape index (κ2) is 6.72. The quantitative estimate of drug-likeness (QED) is 0.619. The number of amides is 1. The Morgan fingerprint density at radius 2 is 2.33 bits per heavy atom. The summed E-state index contributed by atoms with van der Waals surface area (Å²) < 4.78 is 0. The van der Waals surface area contributed by atoms with Crippen LogP contribution in [0.2, 0.25) is 0 Å². The molecule has 0 bridgehead atoms. The van der Waals surface area contributed by atoms with Crippen LogP contribution in [0.15, 0.2) is 0 Å². The molecule has 0 spiro atoms. The molecule has 0 saturated carbocycles. The molecule has 68 valence electrons. The van der Waals surface area contributed by atoms with Gasteiger partial charge in [0.15, 0.2) is 0 Å². The molecule has 12 heavy (non-hydrogen) atoms. The van der Waals surface area contributed by atoms with Crippen LogP contribution in [-0.2, 0) is 4.79 Å². The fraction of sp³-hybridized carbons (Fsp3) is 0.700. The van der Waals surface area contributed by atoms with Gasteiger partial charge in [-0.15, -0.1) is 12.3 Å². The van der Waals surface area contributed by atoms with Crippen molar-refractivity contribution in [1.82, 2.24) is 5.32 Å². The van der Waals surface area contributed by atoms with Crippen molar-refractivity contribution in [3.8, 4) is 12.3 Å². The van der Waals surface area contributed by atoms with Crippen molar-refractivity contribution in [3.05, 3.63) is 0 Å². The average molecular weight is 167 g/mol. The molecule has 0 aliphatic heterocycles. The lowest BCUT2D eigenvalue weighted by Crippen LogP contribution is -2.20. The van der Waals surface area contributed by atoms with E-state index >= 15 is 0 Å². The van der Waals surface area contributed by atoms with Crippen LogP contribution < -0.4 is 5.32 Å². The van der Waals surface area contributed by atoms with Gasteiger partial charge in [0.25, 0.3) is 0 Å². The number of hydrogen-bond acceptors (Lipinski definition) is 1. The van der Waals surface area contributed by atoms with Crippen molar-refractivity contribution in [2.75, 3.05) is 7.05 Å². The largest absolute Gasteiger partial charge is 0.359 e. The van der Waals surface area contributed by atoms with Gasteiger partial charge in [0.2, 0.25) is 5.91 Å². The molecule has 0 radical (unpaired) electrons. The molecule has 1 N–H and O–H groups in total. The van der Waals surface area contributed by atoms with E-state index in [4.69, 9.17) is 6.42 Å². The van der Waals surface area contributed by atoms with Crippen molar-refractivity contribution >= 4 is 5.91 Å². The second-order valence-corrected chi connectivity index (χ2v) is 2.88. The third kappa shape index (κ3) is 4.79. The smallest absolute Gasteiger partial charge is 0.220 e. The summed E-state index contributed by atoms with van der Waals surface area (Å²) in [7, 11) is 1.63. The number of carbonyl (C=O) groups excluding carboxylic acids is 1. The Kier molecular flexibility index (Phi) is 6.18. The highest BCUT2D eigenvalue weighted by Crippen LogP contribution is 2.11. The number of nitrogens with one attached hydrogen (secondary N) is 1. The zero-order valence-electron chi connectivity index (χ0n) is 7.89. The molecule has 0 fully saturated rings. The summed E-state index contributed by atoms with van der Waals surface area (Å²) in [5, 5.41) is 2.57. The molecule has 1 atom stereocenters. The number of unbranched alkanes of at least 4 members (excludes halogenated alkanes) is 1. The number of carbonyl (C=O) groups is 1. The molecule has 0 saturated heterocycles. The van der Waals surface area contributed by atoms with Gasteiger partial charge in [-0.3, -0.25) is 4.79 Å². The van der Waals surface area contributed by atoms with E-state index in [1.54, 1.807) is 7.05 Å². The van der Waals surface area contributed by atoms with Crippen LogP contribution in [0.5, 0.6) is 0 Å². The fourth-order valence-electron chi connectivity index (χ4n) is 1.02. The Balaban J connectivity index is 3.69. The van der Waals surface area contributed by atoms with E-state index in [9.17, 15) is 4.79 Å². The van der Waals surface area contributed by atoms with Crippen molar-refractivity contribution in [1.29, 1.82) is 0 Å². The van der Waals surface area contributed by atoms with Gasteiger partial charge in [-0.05, 0) is 6.42 Å². The van der Waals surface area contributed by atoms with E-state index in [1.165, 1.54) is 0 Å². The third-order valence-electron chi connectivity index (χ3n) is 1.85. The molecule has 1 amide bonds. The summed E-state index contributed by atoms with van der Waals surface area (Å²) in [5.41, 5.74) is 0. The zero-order chi connectivity index (χ0) is 9.40. The first-order chi connectivity index (χ1) is 5.74. The highest BCUT2D eigenvalue weighted by Gasteiger charge is 2.08. The van der Waals surface area contributed by atoms with Crippen LogP contribution in [0.1, 0.15) is 32.6 Å². The first-order valence-electron chi connectivity index (χ1n) is 4.41. The first kappa shape index (κ1) is 11.0. The van der Waals surface area contributed by atoms with Gasteiger partial charge in [-0.1, -0.05) is 19.8 Å². The molecule has 0 aliphatic rings. The maximum absolute atomic E-state index is 10.9. The molecule has 0 aromatic rings. The maximum Gasteiger partial charge on any atom is 0.220 e. The van der Waals surface area contributed by atoms with E-state index in [0.29, 0.717) is 6.42 Å². The monoisotopic (exact) mass is 167 g/mol. The summed E-state index contributed by atoms with van der Waals surface area (Å²) in [4.78, 5) is 10.9. The molecule has 0 aliphatic carbocycles. The predicted molar refractivity (Wildman–Crippen MR) is 50.5 cm³/mol. The molecular formula is C10H17NO. The van der Waals surface area contributed by atoms with E-state index in [0.717, 1.165) is 19.3 Å². The molecular weight excluding hydrogens is 150 g/mol. The minimum Gasteiger partial charge on any atom is -0.359 e. The minimum absolute atomic E-state index is 0.0362. The molecule has 2 nitrogen and oxygen atoms in total. The Hall–Kier alpha value is -0.970. The Morgan fingerprint density at radius 3 is 2.75 bits per heavy atom. The van der Waals surface area contributed by atoms with E-state index in [-0.39, 0.29) is 11.8 Å². The SMILES string of the molecule is C#C[C@H](CCCC)CC(=O)NC. The van der Waals surface area contributed by atoms with Crippen molar-refractivity contribution < 1.29 is 4.79 Å². The third-order valence-corrected chi connectivity index (χ3v) is 1.85. The zero-order valence-corrected chi connectivity index (χ0v) is 7.89. The van der Waals surface area contributed by atoms with Gasteiger partial charge >= 0.3 is 0 Å². The first-order valence-corrected chi connectivity index (χ1v) is 4.41. The Labute approximate surface area is 74.7 Å². The predicted octanol–water partition coefficient (Wildman–Crippen LogP) is 1.56. The lowest BCUT2D eigenvalue weighted by Gasteiger charge is -2.07. The average Bonchev–Trinajstić information content (AvgIpc) is 2.11. The standard InChI is InChI=1S/C10H17NO/c1-4-6-7-9(5-2)8-10(12)11-3/h2,9H,4,6-8H2,1,3H3,(H,11,12)/t9-/m1/s1. The van der Waals surface area contributed by atoms with Gasteiger partial charge in [0.1, 0.15) is 0 Å². The lowest BCUT2D eigenvalue weighted by atomic mass is 9.99. The highest BCUT2D eigenvalue weighted by atomic mass is 16.1. The minimum atomic E-state index is 0.0362. The molecule has 0 unspecified atom stereocenters. The molecule has 0 aromatic carbocycles. The normalized spacial score (nSPS) is 11.8. The summed E-state index contributed by atoms with van der Waals surface area (Å²) >= 11 is 0. The number of terminal acetylenes is 1. The van der Waals surface area contributed by atoms with Gasteiger partial charge < -0.3 is 5.32 Å². The van der Waals surface area contributed by atoms with Gasteiger partial charge in [0, 0.05) is 19.4 Å². The van der Waals surface area contributed by atoms with Crippen LogP contribution >= 0.6 is 0 Å². The van der Waals surface area contributed by atoms with E-state index in [1.807, 2.05) is 0 Å². The van der Waals surface area contributed by atoms with Crippen LogP contribution in [-0.4, -0.2) is 13.0 Å². The fourth-order valence-corrected chi connectivity index (χ4v) is 1.02. The van der Waals surface area contributed by atoms with E-state index in [2.05, 4.69) is 18.2 Å². The van der Waals surface area contributed by atoms with Crippen molar-refractivity contribution in [2.24, 2.45) is 5.92 Å². The molecule has 2 heteroatoms. The molecule has 0 aromatic heterocycles. The van der Waals surface area contributed by atoms with Crippen LogP contribution in [0.25, 0.3) is 0 Å². The lowest BCUT2D eigenvalue weighted by molar-refractivity contribution is -0.121.